The van der Waals surface area contributed by atoms with E-state index in [1.807, 2.05) is 36.7 Å². The molecule has 1 aromatic carbocycles. The van der Waals surface area contributed by atoms with Gasteiger partial charge in [0.25, 0.3) is 0 Å². The molecular weight excluding hydrogens is 538 g/mol. The first-order valence-electron chi connectivity index (χ1n) is 15.8. The fourth-order valence-corrected chi connectivity index (χ4v) is 6.86. The average Bonchev–Trinajstić information content (AvgIpc) is 3.78. The van der Waals surface area contributed by atoms with Crippen LogP contribution in [0.15, 0.2) is 65.4 Å². The van der Waals surface area contributed by atoms with E-state index in [1.165, 1.54) is 38.5 Å². The second kappa shape index (κ2) is 12.1. The van der Waals surface area contributed by atoms with Crippen LogP contribution in [0.3, 0.4) is 0 Å². The monoisotopic (exact) mass is 577 g/mol. The molecule has 43 heavy (non-hydrogen) atoms. The second-order valence-electron chi connectivity index (χ2n) is 12.5. The molecule has 9 heteroatoms. The van der Waals surface area contributed by atoms with Gasteiger partial charge in [-0.25, -0.2) is 9.97 Å². The minimum atomic E-state index is -0.417. The normalized spacial score (nSPS) is 22.3. The van der Waals surface area contributed by atoms with E-state index >= 15 is 0 Å². The van der Waals surface area contributed by atoms with Gasteiger partial charge in [0.1, 0.15) is 11.6 Å². The van der Waals surface area contributed by atoms with E-state index < -0.39 is 5.91 Å². The molecule has 2 aliphatic carbocycles. The number of nitrogens with one attached hydrogen (secondary N) is 1. The number of hydrogen-bond acceptors (Lipinski definition) is 8. The van der Waals surface area contributed by atoms with Gasteiger partial charge in [-0.2, -0.15) is 4.98 Å². The second-order valence-corrected chi connectivity index (χ2v) is 12.5. The number of amides is 1. The topological polar surface area (TPSA) is 123 Å². The summed E-state index contributed by atoms with van der Waals surface area (Å²) in [5.41, 5.74) is 8.92. The number of nitrogens with two attached hydrogens (primary N) is 1. The van der Waals surface area contributed by atoms with E-state index in [4.69, 9.17) is 15.2 Å². The highest BCUT2D eigenvalue weighted by atomic mass is 16.5. The van der Waals surface area contributed by atoms with Crippen LogP contribution in [0.1, 0.15) is 80.0 Å². The molecular formula is C34H39N7O2. The van der Waals surface area contributed by atoms with Crippen LogP contribution in [-0.4, -0.2) is 45.1 Å². The summed E-state index contributed by atoms with van der Waals surface area (Å²) in [6, 6.07) is 16.1. The Hall–Kier alpha value is -4.27. The number of nitrogens with zero attached hydrogens (tertiary/aromatic N) is 5. The Balaban J connectivity index is 0.991. The number of hydrogen-bond donors (Lipinski definition) is 2. The number of primary amides is 1. The molecule has 1 saturated heterocycles. The van der Waals surface area contributed by atoms with Crippen molar-refractivity contribution in [3.8, 4) is 22.5 Å². The summed E-state index contributed by atoms with van der Waals surface area (Å²) in [5.74, 6) is 4.58. The van der Waals surface area contributed by atoms with Crippen LogP contribution in [-0.2, 0) is 0 Å². The zero-order valence-corrected chi connectivity index (χ0v) is 24.5. The average molecular weight is 578 g/mol. The highest BCUT2D eigenvalue weighted by Gasteiger charge is 2.31. The van der Waals surface area contributed by atoms with Gasteiger partial charge < -0.3 is 20.5 Å². The molecule has 3 fully saturated rings. The molecule has 3 atom stereocenters. The van der Waals surface area contributed by atoms with Crippen LogP contribution in [0.5, 0.6) is 0 Å². The summed E-state index contributed by atoms with van der Waals surface area (Å²) in [4.78, 5) is 28.2. The molecule has 1 aliphatic heterocycles. The zero-order valence-electron chi connectivity index (χ0n) is 24.5. The number of piperidine rings is 1. The van der Waals surface area contributed by atoms with E-state index in [2.05, 4.69) is 43.5 Å². The molecule has 9 nitrogen and oxygen atoms in total. The largest absolute Gasteiger partial charge is 0.367 e. The number of benzene rings is 1. The Bertz CT molecular complexity index is 1560. The Labute approximate surface area is 252 Å². The van der Waals surface area contributed by atoms with Crippen molar-refractivity contribution in [2.24, 2.45) is 17.6 Å². The van der Waals surface area contributed by atoms with Crippen LogP contribution in [0.4, 0.5) is 11.6 Å². The van der Waals surface area contributed by atoms with Crippen molar-refractivity contribution in [2.75, 3.05) is 23.3 Å². The van der Waals surface area contributed by atoms with Crippen LogP contribution in [0.2, 0.25) is 0 Å². The Morgan fingerprint density at radius 1 is 0.953 bits per heavy atom. The number of carbonyl (C=O) groups is 1. The molecule has 4 aromatic rings. The quantitative estimate of drug-likeness (QED) is 0.233. The summed E-state index contributed by atoms with van der Waals surface area (Å²) in [5, 5.41) is 7.96. The molecule has 222 valence electrons. The Morgan fingerprint density at radius 2 is 1.84 bits per heavy atom. The minimum Gasteiger partial charge on any atom is -0.367 e. The summed E-state index contributed by atoms with van der Waals surface area (Å²) in [6.45, 7) is 2.07. The van der Waals surface area contributed by atoms with E-state index in [1.54, 1.807) is 6.07 Å². The lowest BCUT2D eigenvalue weighted by atomic mass is 9.77. The lowest BCUT2D eigenvalue weighted by molar-refractivity contribution is 0.100. The third-order valence-electron chi connectivity index (χ3n) is 9.34. The first-order valence-corrected chi connectivity index (χ1v) is 15.8. The number of aromatic nitrogens is 4. The predicted octanol–water partition coefficient (Wildman–Crippen LogP) is 6.45. The molecule has 3 aromatic heterocycles. The van der Waals surface area contributed by atoms with E-state index in [0.717, 1.165) is 66.6 Å². The van der Waals surface area contributed by atoms with Gasteiger partial charge in [0.15, 0.2) is 0 Å². The van der Waals surface area contributed by atoms with Gasteiger partial charge >= 0.3 is 0 Å². The highest BCUT2D eigenvalue weighted by Crippen LogP contribution is 2.40. The van der Waals surface area contributed by atoms with Gasteiger partial charge in [0.2, 0.25) is 17.6 Å². The van der Waals surface area contributed by atoms with Gasteiger partial charge in [-0.3, -0.25) is 4.79 Å². The molecule has 0 radical (unpaired) electrons. The molecule has 2 saturated carbocycles. The standard InChI is InChI=1S/C34H39N7O2/c35-32(42)27-8-3-7-24(18-27)25-14-15-36-30(19-25)38-29-9-2-1-6-26(29)17-22-5-4-16-41(21-22)31-13-12-28(20-37-31)33-39-34(43-40-33)23-10-11-23/h3,7-8,12-15,18-20,22-23,26,29H,1-2,4-6,9-11,16-17,21H2,(H2,35,42)(H,36,38)/t22-,26+,29-/m1/s1. The van der Waals surface area contributed by atoms with Crippen LogP contribution < -0.4 is 16.0 Å². The molecule has 3 aliphatic rings. The van der Waals surface area contributed by atoms with E-state index in [0.29, 0.717) is 35.2 Å². The summed E-state index contributed by atoms with van der Waals surface area (Å²) in [7, 11) is 0. The van der Waals surface area contributed by atoms with Gasteiger partial charge in [-0.05, 0) is 104 Å². The molecule has 0 unspecified atom stereocenters. The van der Waals surface area contributed by atoms with Crippen molar-refractivity contribution in [1.29, 1.82) is 0 Å². The molecule has 3 N–H and O–H groups in total. The number of anilines is 2. The molecule has 0 bridgehead atoms. The summed E-state index contributed by atoms with van der Waals surface area (Å²) >= 11 is 0. The zero-order chi connectivity index (χ0) is 29.2. The van der Waals surface area contributed by atoms with Crippen molar-refractivity contribution < 1.29 is 9.32 Å². The van der Waals surface area contributed by atoms with Crippen molar-refractivity contribution in [3.63, 3.8) is 0 Å². The Kier molecular flexibility index (Phi) is 7.79. The Morgan fingerprint density at radius 3 is 2.67 bits per heavy atom. The van der Waals surface area contributed by atoms with Crippen molar-refractivity contribution in [1.82, 2.24) is 20.1 Å². The van der Waals surface area contributed by atoms with Gasteiger partial charge in [-0.1, -0.05) is 30.1 Å². The number of rotatable bonds is 9. The third kappa shape index (κ3) is 6.40. The van der Waals surface area contributed by atoms with Gasteiger partial charge in [0.05, 0.1) is 0 Å². The minimum absolute atomic E-state index is 0.400. The molecule has 0 spiro atoms. The molecule has 1 amide bonds. The number of pyridine rings is 2. The van der Waals surface area contributed by atoms with Crippen molar-refractivity contribution >= 4 is 17.5 Å². The smallest absolute Gasteiger partial charge is 0.248 e. The van der Waals surface area contributed by atoms with Gasteiger partial charge in [-0.15, -0.1) is 0 Å². The maximum atomic E-state index is 11.7. The third-order valence-corrected chi connectivity index (χ3v) is 9.34. The molecule has 4 heterocycles. The molecule has 7 rings (SSSR count). The highest BCUT2D eigenvalue weighted by molar-refractivity contribution is 5.94. The first kappa shape index (κ1) is 27.6. The van der Waals surface area contributed by atoms with Crippen molar-refractivity contribution in [2.45, 2.75) is 69.7 Å². The maximum Gasteiger partial charge on any atom is 0.248 e. The lowest BCUT2D eigenvalue weighted by Gasteiger charge is -2.39. The van der Waals surface area contributed by atoms with E-state index in [-0.39, 0.29) is 0 Å². The van der Waals surface area contributed by atoms with Crippen molar-refractivity contribution in [3.05, 3.63) is 72.4 Å². The fraction of sp³-hybridized carbons (Fsp3) is 0.441. The maximum absolute atomic E-state index is 11.7. The van der Waals surface area contributed by atoms with E-state index in [9.17, 15) is 4.79 Å². The lowest BCUT2D eigenvalue weighted by Crippen LogP contribution is -2.39. The van der Waals surface area contributed by atoms with Gasteiger partial charge in [0, 0.05) is 48.6 Å². The van der Waals surface area contributed by atoms with Crippen LogP contribution in [0, 0.1) is 11.8 Å². The summed E-state index contributed by atoms with van der Waals surface area (Å²) < 4.78 is 5.44. The number of carbonyl (C=O) groups excluding carboxylic acids is 1. The predicted molar refractivity (Wildman–Crippen MR) is 167 cm³/mol. The fourth-order valence-electron chi connectivity index (χ4n) is 6.86. The van der Waals surface area contributed by atoms with Crippen LogP contribution in [0.25, 0.3) is 22.5 Å². The summed E-state index contributed by atoms with van der Waals surface area (Å²) in [6.07, 6.45) is 14.6. The first-order chi connectivity index (χ1) is 21.1. The SMILES string of the molecule is NC(=O)c1cccc(-c2ccnc(N[C@@H]3CCCC[C@H]3C[C@H]3CCCN(c4ccc(-c5noc(C6CC6)n5)cn4)C3)c2)c1. The van der Waals surface area contributed by atoms with Crippen LogP contribution >= 0.6 is 0 Å².